The number of hydrogen-bond donors (Lipinski definition) is 3. The number of para-hydroxylation sites is 1. The number of nitrogens with zero attached hydrogens (tertiary/aromatic N) is 1. The second-order valence-electron chi connectivity index (χ2n) is 8.50. The van der Waals surface area contributed by atoms with Gasteiger partial charge >= 0.3 is 0 Å². The number of amides is 1. The van der Waals surface area contributed by atoms with Gasteiger partial charge in [-0.2, -0.15) is 0 Å². The number of ether oxygens (including phenoxy) is 1. The molecular formula is C28H36N4O2. The number of hydrogen-bond acceptors (Lipinski definition) is 5. The SMILES string of the molecule is CNN1/C(=C(\C)C(=O)NCc2cccc(Oc3ccccc3)c2)NC(c2ccccc2)CC1C.[HH].[HH]. The minimum absolute atomic E-state index is 0. The molecule has 0 aliphatic carbocycles. The highest BCUT2D eigenvalue weighted by atomic mass is 16.5. The van der Waals surface area contributed by atoms with Gasteiger partial charge in [0, 0.05) is 22.5 Å². The first-order valence-corrected chi connectivity index (χ1v) is 11.6. The van der Waals surface area contributed by atoms with Gasteiger partial charge in [-0.25, -0.2) is 5.43 Å². The Labute approximate surface area is 204 Å². The van der Waals surface area contributed by atoms with Crippen molar-refractivity contribution in [3.63, 3.8) is 0 Å². The minimum Gasteiger partial charge on any atom is -0.457 e. The Bertz CT molecular complexity index is 1140. The molecule has 1 aliphatic heterocycles. The zero-order valence-corrected chi connectivity index (χ0v) is 19.9. The second-order valence-corrected chi connectivity index (χ2v) is 8.50. The maximum atomic E-state index is 13.1. The average Bonchev–Trinajstić information content (AvgIpc) is 2.87. The molecule has 6 heteroatoms. The molecule has 4 rings (SSSR count). The fourth-order valence-electron chi connectivity index (χ4n) is 4.25. The van der Waals surface area contributed by atoms with E-state index in [1.807, 2.05) is 91.8 Å². The van der Waals surface area contributed by atoms with E-state index >= 15 is 0 Å². The van der Waals surface area contributed by atoms with Crippen LogP contribution in [0, 0.1) is 0 Å². The highest BCUT2D eigenvalue weighted by Gasteiger charge is 2.30. The zero-order chi connectivity index (χ0) is 23.9. The van der Waals surface area contributed by atoms with Gasteiger partial charge in [-0.05, 0) is 55.7 Å². The molecule has 180 valence electrons. The number of rotatable bonds is 7. The summed E-state index contributed by atoms with van der Waals surface area (Å²) < 4.78 is 5.92. The van der Waals surface area contributed by atoms with E-state index < -0.39 is 0 Å². The molecule has 1 fully saturated rings. The molecule has 3 aromatic rings. The fraction of sp³-hybridized carbons (Fsp3) is 0.250. The van der Waals surface area contributed by atoms with E-state index in [1.165, 1.54) is 5.56 Å². The molecule has 34 heavy (non-hydrogen) atoms. The van der Waals surface area contributed by atoms with Crippen molar-refractivity contribution < 1.29 is 12.4 Å². The summed E-state index contributed by atoms with van der Waals surface area (Å²) in [7, 11) is 1.88. The summed E-state index contributed by atoms with van der Waals surface area (Å²) in [6.07, 6.45) is 0.928. The third-order valence-electron chi connectivity index (χ3n) is 6.04. The summed E-state index contributed by atoms with van der Waals surface area (Å²) in [5, 5.41) is 8.66. The van der Waals surface area contributed by atoms with Gasteiger partial charge in [0.25, 0.3) is 5.91 Å². The van der Waals surface area contributed by atoms with Crippen LogP contribution < -0.4 is 20.8 Å². The quantitative estimate of drug-likeness (QED) is 0.413. The van der Waals surface area contributed by atoms with Crippen molar-refractivity contribution in [1.29, 1.82) is 0 Å². The van der Waals surface area contributed by atoms with Crippen molar-refractivity contribution in [2.75, 3.05) is 7.05 Å². The van der Waals surface area contributed by atoms with Crippen LogP contribution in [-0.2, 0) is 11.3 Å². The Morgan fingerprint density at radius 1 is 1.03 bits per heavy atom. The van der Waals surface area contributed by atoms with Crippen LogP contribution in [0.25, 0.3) is 0 Å². The van der Waals surface area contributed by atoms with Gasteiger partial charge in [0.15, 0.2) is 0 Å². The molecule has 0 radical (unpaired) electrons. The zero-order valence-electron chi connectivity index (χ0n) is 19.9. The third-order valence-corrected chi connectivity index (χ3v) is 6.04. The summed E-state index contributed by atoms with van der Waals surface area (Å²) in [6.45, 7) is 4.43. The molecular weight excluding hydrogens is 424 g/mol. The van der Waals surface area contributed by atoms with Crippen molar-refractivity contribution in [3.05, 3.63) is 107 Å². The van der Waals surface area contributed by atoms with Gasteiger partial charge in [0.1, 0.15) is 17.3 Å². The van der Waals surface area contributed by atoms with Crippen molar-refractivity contribution in [2.24, 2.45) is 0 Å². The van der Waals surface area contributed by atoms with Crippen LogP contribution in [0.15, 0.2) is 96.3 Å². The maximum absolute atomic E-state index is 13.1. The normalized spacial score (nSPS) is 19.2. The van der Waals surface area contributed by atoms with Crippen LogP contribution in [0.5, 0.6) is 11.5 Å². The molecule has 2 unspecified atom stereocenters. The van der Waals surface area contributed by atoms with Gasteiger partial charge < -0.3 is 15.4 Å². The van der Waals surface area contributed by atoms with Crippen LogP contribution in [0.3, 0.4) is 0 Å². The molecule has 1 amide bonds. The van der Waals surface area contributed by atoms with Gasteiger partial charge in [0.2, 0.25) is 0 Å². The van der Waals surface area contributed by atoms with E-state index in [-0.39, 0.29) is 20.8 Å². The van der Waals surface area contributed by atoms with Gasteiger partial charge in [-0.3, -0.25) is 9.80 Å². The summed E-state index contributed by atoms with van der Waals surface area (Å²) in [5.41, 5.74) is 6.05. The van der Waals surface area contributed by atoms with Crippen LogP contribution in [-0.4, -0.2) is 24.0 Å². The third kappa shape index (κ3) is 5.58. The summed E-state index contributed by atoms with van der Waals surface area (Å²) in [4.78, 5) is 13.1. The second kappa shape index (κ2) is 10.9. The molecule has 1 aliphatic rings. The Morgan fingerprint density at radius 3 is 2.41 bits per heavy atom. The first kappa shape index (κ1) is 23.4. The number of hydrazine groups is 1. The Balaban J connectivity index is 0.00000228. The lowest BCUT2D eigenvalue weighted by atomic mass is 9.96. The number of nitrogens with one attached hydrogen (secondary N) is 3. The molecule has 3 N–H and O–H groups in total. The van der Waals surface area contributed by atoms with E-state index in [1.54, 1.807) is 0 Å². The molecule has 0 aromatic heterocycles. The van der Waals surface area contributed by atoms with Crippen LogP contribution in [0.4, 0.5) is 0 Å². The van der Waals surface area contributed by atoms with Crippen molar-refractivity contribution in [1.82, 2.24) is 21.1 Å². The highest BCUT2D eigenvalue weighted by molar-refractivity contribution is 5.93. The van der Waals surface area contributed by atoms with E-state index in [0.717, 1.165) is 29.3 Å². The van der Waals surface area contributed by atoms with E-state index in [9.17, 15) is 4.79 Å². The first-order chi connectivity index (χ1) is 16.5. The van der Waals surface area contributed by atoms with Crippen LogP contribution >= 0.6 is 0 Å². The molecule has 0 spiro atoms. The molecule has 0 bridgehead atoms. The van der Waals surface area contributed by atoms with E-state index in [2.05, 4.69) is 35.1 Å². The number of carbonyl (C=O) groups excluding carboxylic acids is 1. The summed E-state index contributed by atoms with van der Waals surface area (Å²) in [5.74, 6) is 2.21. The predicted octanol–water partition coefficient (Wildman–Crippen LogP) is 5.38. The number of benzene rings is 3. The lowest BCUT2D eigenvalue weighted by Crippen LogP contribution is -2.53. The Morgan fingerprint density at radius 2 is 1.71 bits per heavy atom. The van der Waals surface area contributed by atoms with Crippen molar-refractivity contribution in [3.8, 4) is 11.5 Å². The molecule has 2 atom stereocenters. The monoisotopic (exact) mass is 460 g/mol. The highest BCUT2D eigenvalue weighted by Crippen LogP contribution is 2.29. The number of carbonyl (C=O) groups is 1. The molecule has 1 saturated heterocycles. The Hall–Kier alpha value is -3.77. The predicted molar refractivity (Wildman–Crippen MR) is 139 cm³/mol. The first-order valence-electron chi connectivity index (χ1n) is 11.6. The van der Waals surface area contributed by atoms with Gasteiger partial charge in [-0.15, -0.1) is 0 Å². The average molecular weight is 461 g/mol. The standard InChI is InChI=1S/C28H32N4O2.2H2/c1-20-17-26(23-12-6-4-7-13-23)31-27(32(20)29-3)21(2)28(33)30-19-22-11-10-16-25(18-22)34-24-14-8-5-9-15-24;;/h4-16,18,20,26,29,31H,17,19H2,1-3H3,(H,30,33);2*1H/b27-21+;;. The van der Waals surface area contributed by atoms with E-state index in [4.69, 9.17) is 4.74 Å². The van der Waals surface area contributed by atoms with Crippen LogP contribution in [0.1, 0.15) is 40.3 Å². The minimum atomic E-state index is -0.113. The van der Waals surface area contributed by atoms with E-state index in [0.29, 0.717) is 12.1 Å². The van der Waals surface area contributed by atoms with Crippen molar-refractivity contribution in [2.45, 2.75) is 38.9 Å². The van der Waals surface area contributed by atoms with Crippen molar-refractivity contribution >= 4 is 5.91 Å². The van der Waals surface area contributed by atoms with Gasteiger partial charge in [-0.1, -0.05) is 60.7 Å². The Kier molecular flexibility index (Phi) is 7.50. The maximum Gasteiger partial charge on any atom is 0.250 e. The molecule has 3 aromatic carbocycles. The van der Waals surface area contributed by atoms with Gasteiger partial charge in [0.05, 0.1) is 11.6 Å². The lowest BCUT2D eigenvalue weighted by Gasteiger charge is -2.42. The van der Waals surface area contributed by atoms with Crippen LogP contribution in [0.2, 0.25) is 0 Å². The fourth-order valence-corrected chi connectivity index (χ4v) is 4.25. The summed E-state index contributed by atoms with van der Waals surface area (Å²) >= 11 is 0. The largest absolute Gasteiger partial charge is 0.457 e. The summed E-state index contributed by atoms with van der Waals surface area (Å²) in [6, 6.07) is 28.1. The topological polar surface area (TPSA) is 65.6 Å². The lowest BCUT2D eigenvalue weighted by molar-refractivity contribution is -0.117. The molecule has 6 nitrogen and oxygen atoms in total. The molecule has 0 saturated carbocycles. The smallest absolute Gasteiger partial charge is 0.250 e. The molecule has 1 heterocycles.